The zero-order chi connectivity index (χ0) is 34.5. The van der Waals surface area contributed by atoms with E-state index in [0.717, 1.165) is 30.2 Å². The molecular formula is C44H76O3S. The average Bonchev–Trinajstić information content (AvgIpc) is 3.07. The summed E-state index contributed by atoms with van der Waals surface area (Å²) >= 11 is 0. The Morgan fingerprint density at radius 3 is 1.17 bits per heavy atom. The van der Waals surface area contributed by atoms with Crippen LogP contribution in [0.3, 0.4) is 0 Å². The maximum atomic E-state index is 12.5. The fourth-order valence-electron chi connectivity index (χ4n) is 7.44. The standard InChI is InChI=1S/C44H76O3S/c1-3-5-7-9-11-13-15-17-19-21-23-25-27-29-31-33-40-35-38-43-42(39-40)37-36-41(44(43)48(45,46)47)34-32-30-28-26-24-22-20-18-16-14-12-10-8-6-4-2/h35-39H,3-34H2,1-2H3,(H,45,46,47). The number of aryl methyl sites for hydroxylation is 2. The van der Waals surface area contributed by atoms with Crippen molar-refractivity contribution in [3.05, 3.63) is 41.5 Å². The van der Waals surface area contributed by atoms with Crippen molar-refractivity contribution in [1.29, 1.82) is 0 Å². The lowest BCUT2D eigenvalue weighted by Gasteiger charge is -2.12. The van der Waals surface area contributed by atoms with Crippen molar-refractivity contribution in [2.24, 2.45) is 0 Å². The zero-order valence-corrected chi connectivity index (χ0v) is 32.5. The molecule has 1 N–H and O–H groups in total. The minimum absolute atomic E-state index is 0.129. The van der Waals surface area contributed by atoms with Gasteiger partial charge in [-0.2, -0.15) is 8.42 Å². The molecule has 48 heavy (non-hydrogen) atoms. The largest absolute Gasteiger partial charge is 0.295 e. The van der Waals surface area contributed by atoms with Crippen LogP contribution in [0.5, 0.6) is 0 Å². The molecule has 0 spiro atoms. The molecule has 0 heterocycles. The van der Waals surface area contributed by atoms with E-state index < -0.39 is 10.1 Å². The maximum absolute atomic E-state index is 12.5. The summed E-state index contributed by atoms with van der Waals surface area (Å²) in [5.74, 6) is 0. The van der Waals surface area contributed by atoms with Crippen molar-refractivity contribution < 1.29 is 13.0 Å². The first-order valence-corrected chi connectivity index (χ1v) is 22.4. The summed E-state index contributed by atoms with van der Waals surface area (Å²) in [6.45, 7) is 4.56. The van der Waals surface area contributed by atoms with E-state index in [1.54, 1.807) is 0 Å². The first kappa shape index (κ1) is 42.8. The quantitative estimate of drug-likeness (QED) is 0.0601. The van der Waals surface area contributed by atoms with Crippen molar-refractivity contribution in [3.8, 4) is 0 Å². The molecule has 0 saturated heterocycles. The fraction of sp³-hybridized carbons (Fsp3) is 0.773. The third kappa shape index (κ3) is 20.3. The number of fused-ring (bicyclic) bond motifs is 1. The molecule has 2 aromatic carbocycles. The summed E-state index contributed by atoms with van der Waals surface area (Å²) in [6, 6.07) is 10.1. The Balaban J connectivity index is 1.60. The number of hydrogen-bond acceptors (Lipinski definition) is 2. The molecule has 0 aliphatic carbocycles. The van der Waals surface area contributed by atoms with Crippen LogP contribution in [0.15, 0.2) is 35.2 Å². The molecule has 0 fully saturated rings. The molecule has 0 unspecified atom stereocenters. The van der Waals surface area contributed by atoms with Gasteiger partial charge in [0.1, 0.15) is 4.90 Å². The van der Waals surface area contributed by atoms with Crippen molar-refractivity contribution in [1.82, 2.24) is 0 Å². The first-order valence-electron chi connectivity index (χ1n) is 21.0. The van der Waals surface area contributed by atoms with Gasteiger partial charge in [0.2, 0.25) is 0 Å². The Labute approximate surface area is 298 Å². The molecule has 3 nitrogen and oxygen atoms in total. The van der Waals surface area contributed by atoms with Crippen LogP contribution in [-0.2, 0) is 23.0 Å². The van der Waals surface area contributed by atoms with E-state index in [1.807, 2.05) is 12.1 Å². The van der Waals surface area contributed by atoms with E-state index in [9.17, 15) is 13.0 Å². The lowest BCUT2D eigenvalue weighted by molar-refractivity contribution is 0.482. The van der Waals surface area contributed by atoms with Crippen molar-refractivity contribution >= 4 is 20.9 Å². The van der Waals surface area contributed by atoms with Crippen molar-refractivity contribution in [2.75, 3.05) is 0 Å². The van der Waals surface area contributed by atoms with Crippen LogP contribution >= 0.6 is 0 Å². The third-order valence-corrected chi connectivity index (χ3v) is 11.5. The van der Waals surface area contributed by atoms with Crippen LogP contribution in [0.1, 0.15) is 218 Å². The number of unbranched alkanes of at least 4 members (excludes halogenated alkanes) is 28. The minimum Gasteiger partial charge on any atom is -0.282 e. The van der Waals surface area contributed by atoms with Gasteiger partial charge in [-0.3, -0.25) is 4.55 Å². The van der Waals surface area contributed by atoms with E-state index in [4.69, 9.17) is 0 Å². The van der Waals surface area contributed by atoms with E-state index in [1.165, 1.54) is 185 Å². The summed E-state index contributed by atoms with van der Waals surface area (Å²) in [5.41, 5.74) is 2.02. The Morgan fingerprint density at radius 2 is 0.792 bits per heavy atom. The fourth-order valence-corrected chi connectivity index (χ4v) is 8.41. The molecule has 0 aromatic heterocycles. The molecule has 0 atom stereocenters. The van der Waals surface area contributed by atoms with Gasteiger partial charge >= 0.3 is 0 Å². The lowest BCUT2D eigenvalue weighted by Crippen LogP contribution is -2.05. The Hall–Kier alpha value is -1.39. The highest BCUT2D eigenvalue weighted by Gasteiger charge is 2.19. The second kappa shape index (κ2) is 28.3. The molecule has 0 amide bonds. The first-order chi connectivity index (χ1) is 23.5. The van der Waals surface area contributed by atoms with E-state index in [-0.39, 0.29) is 4.90 Å². The van der Waals surface area contributed by atoms with Gasteiger partial charge in [0.05, 0.1) is 0 Å². The van der Waals surface area contributed by atoms with E-state index >= 15 is 0 Å². The Bertz CT molecular complexity index is 1160. The van der Waals surface area contributed by atoms with Gasteiger partial charge in [-0.25, -0.2) is 0 Å². The summed E-state index contributed by atoms with van der Waals surface area (Å²) in [7, 11) is -4.29. The monoisotopic (exact) mass is 685 g/mol. The van der Waals surface area contributed by atoms with Crippen molar-refractivity contribution in [2.45, 2.75) is 224 Å². The van der Waals surface area contributed by atoms with Gasteiger partial charge in [0.25, 0.3) is 10.1 Å². The van der Waals surface area contributed by atoms with Gasteiger partial charge in [0, 0.05) is 5.39 Å². The highest BCUT2D eigenvalue weighted by atomic mass is 32.2. The van der Waals surface area contributed by atoms with Crippen LogP contribution in [0.4, 0.5) is 0 Å². The third-order valence-electron chi connectivity index (χ3n) is 10.5. The zero-order valence-electron chi connectivity index (χ0n) is 31.7. The van der Waals surface area contributed by atoms with E-state index in [0.29, 0.717) is 11.8 Å². The smallest absolute Gasteiger partial charge is 0.282 e. The molecule has 0 saturated carbocycles. The summed E-state index contributed by atoms with van der Waals surface area (Å²) in [5, 5.41) is 1.58. The minimum atomic E-state index is -4.29. The Morgan fingerprint density at radius 1 is 0.438 bits per heavy atom. The predicted octanol–water partition coefficient (Wildman–Crippen LogP) is 14.9. The SMILES string of the molecule is CCCCCCCCCCCCCCCCCc1ccc2c(S(=O)(=O)O)c(CCCCCCCCCCCCCCCCC)ccc2c1. The normalized spacial score (nSPS) is 12.0. The molecule has 0 aliphatic rings. The van der Waals surface area contributed by atoms with Gasteiger partial charge in [-0.15, -0.1) is 0 Å². The second-order valence-electron chi connectivity index (χ2n) is 15.0. The molecule has 0 aliphatic heterocycles. The number of hydrogen-bond donors (Lipinski definition) is 1. The summed E-state index contributed by atoms with van der Waals surface area (Å²) in [4.78, 5) is 0.129. The molecule has 0 radical (unpaired) electrons. The molecular weight excluding hydrogens is 609 g/mol. The molecule has 0 bridgehead atoms. The molecule has 276 valence electrons. The lowest BCUT2D eigenvalue weighted by atomic mass is 9.98. The molecule has 2 aromatic rings. The summed E-state index contributed by atoms with van der Waals surface area (Å²) < 4.78 is 35.2. The van der Waals surface area contributed by atoms with E-state index in [2.05, 4.69) is 32.0 Å². The van der Waals surface area contributed by atoms with Crippen molar-refractivity contribution in [3.63, 3.8) is 0 Å². The van der Waals surface area contributed by atoms with Gasteiger partial charge in [0.15, 0.2) is 0 Å². The van der Waals surface area contributed by atoms with Gasteiger partial charge in [-0.05, 0) is 42.2 Å². The highest BCUT2D eigenvalue weighted by Crippen LogP contribution is 2.30. The van der Waals surface area contributed by atoms with Gasteiger partial charge in [-0.1, -0.05) is 224 Å². The average molecular weight is 685 g/mol. The number of rotatable bonds is 33. The van der Waals surface area contributed by atoms with Crippen LogP contribution in [0, 0.1) is 0 Å². The summed E-state index contributed by atoms with van der Waals surface area (Å²) in [6.07, 6.45) is 42.0. The predicted molar refractivity (Wildman–Crippen MR) is 211 cm³/mol. The van der Waals surface area contributed by atoms with Gasteiger partial charge < -0.3 is 0 Å². The molecule has 2 rings (SSSR count). The topological polar surface area (TPSA) is 54.4 Å². The highest BCUT2D eigenvalue weighted by molar-refractivity contribution is 7.86. The second-order valence-corrected chi connectivity index (χ2v) is 16.3. The van der Waals surface area contributed by atoms with Crippen LogP contribution in [0.25, 0.3) is 10.8 Å². The maximum Gasteiger partial charge on any atom is 0.295 e. The molecule has 4 heteroatoms. The number of benzene rings is 2. The van der Waals surface area contributed by atoms with Crippen LogP contribution in [0.2, 0.25) is 0 Å². The van der Waals surface area contributed by atoms with Crippen LogP contribution < -0.4 is 0 Å². The van der Waals surface area contributed by atoms with Crippen LogP contribution in [-0.4, -0.2) is 13.0 Å². The Kier molecular flexibility index (Phi) is 25.2.